The number of ether oxygens (including phenoxy) is 3. The summed E-state index contributed by atoms with van der Waals surface area (Å²) in [7, 11) is 3.24. The number of amides is 1. The van der Waals surface area contributed by atoms with Gasteiger partial charge in [-0.25, -0.2) is 4.68 Å². The second-order valence-corrected chi connectivity index (χ2v) is 7.24. The predicted molar refractivity (Wildman–Crippen MR) is 119 cm³/mol. The van der Waals surface area contributed by atoms with E-state index in [0.29, 0.717) is 37.6 Å². The lowest BCUT2D eigenvalue weighted by Gasteiger charge is -2.12. The number of hydrogen-bond acceptors (Lipinski definition) is 5. The summed E-state index contributed by atoms with van der Waals surface area (Å²) in [5, 5.41) is 7.56. The number of aryl methyl sites for hydroxylation is 2. The fraction of sp³-hybridized carbons (Fsp3) is 0.333. The molecule has 164 valence electrons. The third-order valence-corrected chi connectivity index (χ3v) is 4.92. The molecule has 0 radical (unpaired) electrons. The Balaban J connectivity index is 1.89. The van der Waals surface area contributed by atoms with Crippen LogP contribution < -0.4 is 14.8 Å². The number of benzene rings is 2. The van der Waals surface area contributed by atoms with Crippen molar-refractivity contribution >= 4 is 5.91 Å². The summed E-state index contributed by atoms with van der Waals surface area (Å²) in [4.78, 5) is 12.2. The topological polar surface area (TPSA) is 74.6 Å². The van der Waals surface area contributed by atoms with E-state index < -0.39 is 0 Å². The molecular formula is C24H29N3O4. The van der Waals surface area contributed by atoms with E-state index in [2.05, 4.69) is 5.32 Å². The van der Waals surface area contributed by atoms with Crippen LogP contribution >= 0.6 is 0 Å². The third-order valence-electron chi connectivity index (χ3n) is 4.92. The lowest BCUT2D eigenvalue weighted by atomic mass is 10.1. The normalized spacial score (nSPS) is 10.7. The van der Waals surface area contributed by atoms with E-state index in [4.69, 9.17) is 19.3 Å². The van der Waals surface area contributed by atoms with Gasteiger partial charge in [0, 0.05) is 25.6 Å². The molecule has 31 heavy (non-hydrogen) atoms. The Morgan fingerprint density at radius 2 is 1.68 bits per heavy atom. The number of aromatic nitrogens is 2. The van der Waals surface area contributed by atoms with Gasteiger partial charge in [-0.2, -0.15) is 5.10 Å². The Morgan fingerprint density at radius 1 is 1.00 bits per heavy atom. The summed E-state index contributed by atoms with van der Waals surface area (Å²) in [6.45, 7) is 4.94. The SMILES string of the molecule is COCCNC(=O)CCc1c(C)nn(-c2ccc(OC)cc2)c1Oc1ccc(C)cc1. The van der Waals surface area contributed by atoms with E-state index in [1.165, 1.54) is 0 Å². The molecule has 0 bridgehead atoms. The fourth-order valence-corrected chi connectivity index (χ4v) is 3.17. The standard InChI is InChI=1S/C24H29N3O4/c1-17-5-9-21(10-6-17)31-24-22(13-14-23(28)25-15-16-29-3)18(2)26-27(24)19-7-11-20(30-4)12-8-19/h5-12H,13-16H2,1-4H3,(H,25,28). The fourth-order valence-electron chi connectivity index (χ4n) is 3.17. The van der Waals surface area contributed by atoms with Gasteiger partial charge in [0.25, 0.3) is 0 Å². The summed E-state index contributed by atoms with van der Waals surface area (Å²) >= 11 is 0. The summed E-state index contributed by atoms with van der Waals surface area (Å²) in [5.41, 5.74) is 3.72. The molecule has 0 spiro atoms. The molecule has 0 fully saturated rings. The second-order valence-electron chi connectivity index (χ2n) is 7.24. The van der Waals surface area contributed by atoms with Gasteiger partial charge in [-0.1, -0.05) is 17.7 Å². The highest BCUT2D eigenvalue weighted by Crippen LogP contribution is 2.32. The average molecular weight is 424 g/mol. The molecule has 1 amide bonds. The van der Waals surface area contributed by atoms with Crippen LogP contribution in [0.3, 0.4) is 0 Å². The summed E-state index contributed by atoms with van der Waals surface area (Å²) in [5.74, 6) is 2.05. The smallest absolute Gasteiger partial charge is 0.226 e. The van der Waals surface area contributed by atoms with Gasteiger partial charge in [-0.05, 0) is 56.7 Å². The van der Waals surface area contributed by atoms with Crippen LogP contribution in [0.5, 0.6) is 17.4 Å². The van der Waals surface area contributed by atoms with E-state index in [-0.39, 0.29) is 5.91 Å². The third kappa shape index (κ3) is 5.86. The van der Waals surface area contributed by atoms with Crippen molar-refractivity contribution in [2.45, 2.75) is 26.7 Å². The maximum absolute atomic E-state index is 12.2. The minimum Gasteiger partial charge on any atom is -0.497 e. The lowest BCUT2D eigenvalue weighted by Crippen LogP contribution is -2.27. The highest BCUT2D eigenvalue weighted by atomic mass is 16.5. The number of rotatable bonds is 10. The molecule has 3 rings (SSSR count). The zero-order valence-corrected chi connectivity index (χ0v) is 18.5. The van der Waals surface area contributed by atoms with Crippen LogP contribution in [0, 0.1) is 13.8 Å². The van der Waals surface area contributed by atoms with Crippen molar-refractivity contribution < 1.29 is 19.0 Å². The maximum atomic E-state index is 12.2. The number of hydrogen-bond donors (Lipinski definition) is 1. The van der Waals surface area contributed by atoms with Gasteiger partial charge in [-0.3, -0.25) is 4.79 Å². The van der Waals surface area contributed by atoms with E-state index in [0.717, 1.165) is 28.3 Å². The molecule has 0 atom stereocenters. The van der Waals surface area contributed by atoms with Gasteiger partial charge in [0.2, 0.25) is 11.8 Å². The molecule has 1 N–H and O–H groups in total. The lowest BCUT2D eigenvalue weighted by molar-refractivity contribution is -0.121. The Labute approximate surface area is 182 Å². The minimum absolute atomic E-state index is 0.0325. The van der Waals surface area contributed by atoms with Crippen molar-refractivity contribution in [3.63, 3.8) is 0 Å². The summed E-state index contributed by atoms with van der Waals surface area (Å²) in [6.07, 6.45) is 0.852. The molecule has 0 aliphatic carbocycles. The van der Waals surface area contributed by atoms with Crippen LogP contribution in [-0.2, 0) is 16.0 Å². The molecule has 7 heteroatoms. The van der Waals surface area contributed by atoms with E-state index >= 15 is 0 Å². The van der Waals surface area contributed by atoms with Crippen molar-refractivity contribution in [3.8, 4) is 23.1 Å². The first kappa shape index (κ1) is 22.4. The van der Waals surface area contributed by atoms with Crippen LogP contribution in [0.4, 0.5) is 0 Å². The van der Waals surface area contributed by atoms with Gasteiger partial charge in [0.05, 0.1) is 25.1 Å². The number of methoxy groups -OCH3 is 2. The van der Waals surface area contributed by atoms with E-state index in [9.17, 15) is 4.79 Å². The van der Waals surface area contributed by atoms with Gasteiger partial charge < -0.3 is 19.5 Å². The number of nitrogens with zero attached hydrogens (tertiary/aromatic N) is 2. The molecule has 1 aromatic heterocycles. The number of nitrogens with one attached hydrogen (secondary N) is 1. The molecule has 0 saturated carbocycles. The van der Waals surface area contributed by atoms with E-state index in [1.807, 2.05) is 62.4 Å². The van der Waals surface area contributed by atoms with Gasteiger partial charge in [0.15, 0.2) is 0 Å². The molecule has 2 aromatic carbocycles. The highest BCUT2D eigenvalue weighted by molar-refractivity contribution is 5.76. The Bertz CT molecular complexity index is 995. The Kier molecular flexibility index (Phi) is 7.67. The molecule has 7 nitrogen and oxygen atoms in total. The molecule has 0 aliphatic heterocycles. The summed E-state index contributed by atoms with van der Waals surface area (Å²) < 4.78 is 18.3. The Morgan fingerprint density at radius 3 is 2.32 bits per heavy atom. The van der Waals surface area contributed by atoms with Crippen LogP contribution in [0.2, 0.25) is 0 Å². The Hall–Kier alpha value is -3.32. The van der Waals surface area contributed by atoms with Crippen molar-refractivity contribution in [2.75, 3.05) is 27.4 Å². The number of carbonyl (C=O) groups is 1. The molecule has 0 unspecified atom stereocenters. The first-order valence-corrected chi connectivity index (χ1v) is 10.2. The predicted octanol–water partition coefficient (Wildman–Crippen LogP) is 3.99. The van der Waals surface area contributed by atoms with Crippen molar-refractivity contribution in [1.29, 1.82) is 0 Å². The second kappa shape index (κ2) is 10.6. The van der Waals surface area contributed by atoms with E-state index in [1.54, 1.807) is 18.9 Å². The highest BCUT2D eigenvalue weighted by Gasteiger charge is 2.20. The summed E-state index contributed by atoms with van der Waals surface area (Å²) in [6, 6.07) is 15.5. The zero-order valence-electron chi connectivity index (χ0n) is 18.5. The van der Waals surface area contributed by atoms with Gasteiger partial charge in [-0.15, -0.1) is 0 Å². The van der Waals surface area contributed by atoms with Gasteiger partial charge in [0.1, 0.15) is 11.5 Å². The first-order valence-electron chi connectivity index (χ1n) is 10.2. The zero-order chi connectivity index (χ0) is 22.2. The molecule has 1 heterocycles. The maximum Gasteiger partial charge on any atom is 0.226 e. The van der Waals surface area contributed by atoms with Crippen LogP contribution in [0.25, 0.3) is 5.69 Å². The van der Waals surface area contributed by atoms with Crippen LogP contribution in [-0.4, -0.2) is 43.1 Å². The van der Waals surface area contributed by atoms with Crippen molar-refractivity contribution in [1.82, 2.24) is 15.1 Å². The van der Waals surface area contributed by atoms with Crippen molar-refractivity contribution in [2.24, 2.45) is 0 Å². The molecular weight excluding hydrogens is 394 g/mol. The monoisotopic (exact) mass is 423 g/mol. The average Bonchev–Trinajstić information content (AvgIpc) is 3.09. The molecule has 3 aromatic rings. The van der Waals surface area contributed by atoms with Crippen LogP contribution in [0.15, 0.2) is 48.5 Å². The minimum atomic E-state index is -0.0325. The number of carbonyl (C=O) groups excluding carboxylic acids is 1. The first-order chi connectivity index (χ1) is 15.0. The molecule has 0 saturated heterocycles. The molecule has 0 aliphatic rings. The largest absolute Gasteiger partial charge is 0.497 e. The quantitative estimate of drug-likeness (QED) is 0.499. The van der Waals surface area contributed by atoms with Crippen molar-refractivity contribution in [3.05, 3.63) is 65.4 Å². The van der Waals surface area contributed by atoms with Gasteiger partial charge >= 0.3 is 0 Å². The van der Waals surface area contributed by atoms with Crippen LogP contribution in [0.1, 0.15) is 23.2 Å².